The van der Waals surface area contributed by atoms with Crippen LogP contribution >= 0.6 is 0 Å². The number of para-hydroxylation sites is 2. The molecule has 0 saturated heterocycles. The number of benzene rings is 1. The van der Waals surface area contributed by atoms with Crippen LogP contribution in [0, 0.1) is 11.8 Å². The fraction of sp³-hybridized carbons (Fsp3) is 0.600. The van der Waals surface area contributed by atoms with Gasteiger partial charge in [-0.1, -0.05) is 12.1 Å². The molecule has 0 aromatic heterocycles. The maximum absolute atomic E-state index is 12.6. The van der Waals surface area contributed by atoms with Crippen LogP contribution in [0.5, 0.6) is 5.75 Å². The number of amides is 2. The van der Waals surface area contributed by atoms with Crippen molar-refractivity contribution in [2.45, 2.75) is 65.5 Å². The van der Waals surface area contributed by atoms with Crippen LogP contribution < -0.4 is 15.4 Å². The Morgan fingerprint density at radius 3 is 2.08 bits per heavy atom. The quantitative estimate of drug-likeness (QED) is 0.824. The van der Waals surface area contributed by atoms with Crippen LogP contribution in [-0.2, 0) is 9.59 Å². The highest BCUT2D eigenvalue weighted by Crippen LogP contribution is 2.31. The van der Waals surface area contributed by atoms with E-state index in [-0.39, 0.29) is 35.8 Å². The van der Waals surface area contributed by atoms with Crippen LogP contribution in [0.25, 0.3) is 0 Å². The lowest BCUT2D eigenvalue weighted by molar-refractivity contribution is -0.128. The van der Waals surface area contributed by atoms with Crippen molar-refractivity contribution in [1.82, 2.24) is 5.32 Å². The van der Waals surface area contributed by atoms with E-state index in [4.69, 9.17) is 4.74 Å². The summed E-state index contributed by atoms with van der Waals surface area (Å²) in [5, 5.41) is 5.96. The van der Waals surface area contributed by atoms with Gasteiger partial charge in [0.15, 0.2) is 0 Å². The van der Waals surface area contributed by atoms with Crippen LogP contribution in [0.4, 0.5) is 5.69 Å². The third-order valence-electron chi connectivity index (χ3n) is 4.41. The summed E-state index contributed by atoms with van der Waals surface area (Å²) < 4.78 is 5.75. The van der Waals surface area contributed by atoms with Gasteiger partial charge in [0.05, 0.1) is 11.8 Å². The normalized spacial score (nSPS) is 20.4. The lowest BCUT2D eigenvalue weighted by Crippen LogP contribution is -2.38. The Kier molecular flexibility index (Phi) is 6.85. The molecule has 1 aromatic carbocycles. The van der Waals surface area contributed by atoms with Crippen molar-refractivity contribution in [2.75, 3.05) is 5.32 Å². The number of carbonyl (C=O) groups excluding carboxylic acids is 2. The third-order valence-corrected chi connectivity index (χ3v) is 4.41. The van der Waals surface area contributed by atoms with Crippen LogP contribution in [0.1, 0.15) is 53.4 Å². The molecule has 0 radical (unpaired) electrons. The lowest BCUT2D eigenvalue weighted by Gasteiger charge is -2.28. The number of hydrogen-bond donors (Lipinski definition) is 2. The van der Waals surface area contributed by atoms with Gasteiger partial charge in [0.1, 0.15) is 5.75 Å². The number of nitrogens with one attached hydrogen (secondary N) is 2. The van der Waals surface area contributed by atoms with Gasteiger partial charge in [-0.25, -0.2) is 0 Å². The summed E-state index contributed by atoms with van der Waals surface area (Å²) >= 11 is 0. The molecule has 0 aliphatic heterocycles. The highest BCUT2D eigenvalue weighted by Gasteiger charge is 2.30. The molecule has 0 unspecified atom stereocenters. The standard InChI is InChI=1S/C20H30N2O3/c1-13(2)21-19(23)15-9-11-16(12-10-15)20(24)22-17-7-5-6-8-18(17)25-14(3)4/h5-8,13-16H,9-12H2,1-4H3,(H,21,23)(H,22,24). The Labute approximate surface area is 150 Å². The molecular weight excluding hydrogens is 316 g/mol. The Hall–Kier alpha value is -2.04. The first-order chi connectivity index (χ1) is 11.9. The maximum atomic E-state index is 12.6. The number of ether oxygens (including phenoxy) is 1. The molecule has 2 amide bonds. The van der Waals surface area contributed by atoms with Gasteiger partial charge >= 0.3 is 0 Å². The predicted octanol–water partition coefficient (Wildman–Crippen LogP) is 3.74. The second-order valence-electron chi connectivity index (χ2n) is 7.36. The first-order valence-electron chi connectivity index (χ1n) is 9.23. The minimum atomic E-state index is -0.0461. The number of carbonyl (C=O) groups is 2. The van der Waals surface area contributed by atoms with Crippen molar-refractivity contribution < 1.29 is 14.3 Å². The highest BCUT2D eigenvalue weighted by atomic mass is 16.5. The molecule has 0 bridgehead atoms. The first kappa shape index (κ1) is 19.3. The lowest BCUT2D eigenvalue weighted by atomic mass is 9.81. The van der Waals surface area contributed by atoms with E-state index in [1.54, 1.807) is 0 Å². The van der Waals surface area contributed by atoms with E-state index in [0.717, 1.165) is 25.7 Å². The molecule has 1 fully saturated rings. The molecule has 5 nitrogen and oxygen atoms in total. The molecular formula is C20H30N2O3. The zero-order valence-electron chi connectivity index (χ0n) is 15.7. The molecule has 0 heterocycles. The minimum Gasteiger partial charge on any atom is -0.489 e. The summed E-state index contributed by atoms with van der Waals surface area (Å²) in [6.45, 7) is 7.85. The maximum Gasteiger partial charge on any atom is 0.227 e. The molecule has 2 N–H and O–H groups in total. The van der Waals surface area contributed by atoms with Crippen LogP contribution in [0.15, 0.2) is 24.3 Å². The average Bonchev–Trinajstić information content (AvgIpc) is 2.55. The summed E-state index contributed by atoms with van der Waals surface area (Å²) in [6.07, 6.45) is 3.07. The molecule has 1 saturated carbocycles. The fourth-order valence-corrected chi connectivity index (χ4v) is 3.18. The highest BCUT2D eigenvalue weighted by molar-refractivity contribution is 5.94. The van der Waals surface area contributed by atoms with E-state index in [9.17, 15) is 9.59 Å². The molecule has 5 heteroatoms. The zero-order chi connectivity index (χ0) is 18.4. The van der Waals surface area contributed by atoms with Crippen molar-refractivity contribution in [3.05, 3.63) is 24.3 Å². The summed E-state index contributed by atoms with van der Waals surface area (Å²) in [5.74, 6) is 0.807. The molecule has 0 atom stereocenters. The topological polar surface area (TPSA) is 67.4 Å². The van der Waals surface area contributed by atoms with Crippen molar-refractivity contribution in [3.8, 4) is 5.75 Å². The Morgan fingerprint density at radius 1 is 0.960 bits per heavy atom. The molecule has 0 spiro atoms. The molecule has 1 aliphatic carbocycles. The summed E-state index contributed by atoms with van der Waals surface area (Å²) in [6, 6.07) is 7.66. The van der Waals surface area contributed by atoms with Crippen molar-refractivity contribution in [2.24, 2.45) is 11.8 Å². The molecule has 25 heavy (non-hydrogen) atoms. The minimum absolute atomic E-state index is 0.0162. The number of anilines is 1. The largest absolute Gasteiger partial charge is 0.489 e. The van der Waals surface area contributed by atoms with E-state index in [1.807, 2.05) is 52.0 Å². The van der Waals surface area contributed by atoms with Gasteiger partial charge < -0.3 is 15.4 Å². The van der Waals surface area contributed by atoms with Gasteiger partial charge in [-0.2, -0.15) is 0 Å². The second-order valence-corrected chi connectivity index (χ2v) is 7.36. The predicted molar refractivity (Wildman–Crippen MR) is 99.6 cm³/mol. The molecule has 1 aromatic rings. The summed E-state index contributed by atoms with van der Waals surface area (Å²) in [4.78, 5) is 24.7. The van der Waals surface area contributed by atoms with Crippen LogP contribution in [0.2, 0.25) is 0 Å². The van der Waals surface area contributed by atoms with Crippen molar-refractivity contribution in [3.63, 3.8) is 0 Å². The number of hydrogen-bond acceptors (Lipinski definition) is 3. The smallest absolute Gasteiger partial charge is 0.227 e. The SMILES string of the molecule is CC(C)NC(=O)C1CCC(C(=O)Nc2ccccc2OC(C)C)CC1. The van der Waals surface area contributed by atoms with Crippen molar-refractivity contribution >= 4 is 17.5 Å². The van der Waals surface area contributed by atoms with Crippen molar-refractivity contribution in [1.29, 1.82) is 0 Å². The van der Waals surface area contributed by atoms with Gasteiger partial charge in [0, 0.05) is 17.9 Å². The van der Waals surface area contributed by atoms with E-state index >= 15 is 0 Å². The number of rotatable bonds is 6. The van der Waals surface area contributed by atoms with Gasteiger partial charge in [-0.3, -0.25) is 9.59 Å². The zero-order valence-corrected chi connectivity index (χ0v) is 15.7. The van der Waals surface area contributed by atoms with Gasteiger partial charge in [-0.05, 0) is 65.5 Å². The Bertz CT molecular complexity index is 590. The van der Waals surface area contributed by atoms with E-state index in [0.29, 0.717) is 11.4 Å². The van der Waals surface area contributed by atoms with Gasteiger partial charge in [0.25, 0.3) is 0 Å². The van der Waals surface area contributed by atoms with E-state index < -0.39 is 0 Å². The van der Waals surface area contributed by atoms with E-state index in [1.165, 1.54) is 0 Å². The van der Waals surface area contributed by atoms with Crippen LogP contribution in [0.3, 0.4) is 0 Å². The molecule has 2 rings (SSSR count). The summed E-state index contributed by atoms with van der Waals surface area (Å²) in [5.41, 5.74) is 0.709. The fourth-order valence-electron chi connectivity index (χ4n) is 3.18. The Balaban J connectivity index is 1.90. The Morgan fingerprint density at radius 2 is 1.52 bits per heavy atom. The van der Waals surface area contributed by atoms with Gasteiger partial charge in [-0.15, -0.1) is 0 Å². The molecule has 138 valence electrons. The van der Waals surface area contributed by atoms with E-state index in [2.05, 4.69) is 10.6 Å². The summed E-state index contributed by atoms with van der Waals surface area (Å²) in [7, 11) is 0. The van der Waals surface area contributed by atoms with Crippen LogP contribution in [-0.4, -0.2) is 24.0 Å². The first-order valence-corrected chi connectivity index (χ1v) is 9.23. The molecule has 1 aliphatic rings. The second kappa shape index (κ2) is 8.88. The monoisotopic (exact) mass is 346 g/mol. The third kappa shape index (κ3) is 5.76. The van der Waals surface area contributed by atoms with Gasteiger partial charge in [0.2, 0.25) is 11.8 Å². The average molecular weight is 346 g/mol.